The van der Waals surface area contributed by atoms with Crippen molar-refractivity contribution in [3.63, 3.8) is 0 Å². The number of hydrogen-bond acceptors (Lipinski definition) is 3. The first-order chi connectivity index (χ1) is 11.9. The van der Waals surface area contributed by atoms with Gasteiger partial charge >= 0.3 is 0 Å². The van der Waals surface area contributed by atoms with Gasteiger partial charge in [-0.2, -0.15) is 5.26 Å². The average molecular weight is 342 g/mol. The van der Waals surface area contributed by atoms with Crippen LogP contribution in [0.15, 0.2) is 42.5 Å². The number of halogens is 2. The van der Waals surface area contributed by atoms with E-state index < -0.39 is 11.8 Å². The van der Waals surface area contributed by atoms with E-state index in [0.29, 0.717) is 12.2 Å². The summed E-state index contributed by atoms with van der Waals surface area (Å²) >= 11 is 0. The quantitative estimate of drug-likeness (QED) is 0.830. The fourth-order valence-electron chi connectivity index (χ4n) is 3.47. The van der Waals surface area contributed by atoms with E-state index in [1.807, 2.05) is 20.2 Å². The van der Waals surface area contributed by atoms with Gasteiger partial charge < -0.3 is 9.64 Å². The summed E-state index contributed by atoms with van der Waals surface area (Å²) in [5.74, 6) is -0.345. The first-order valence-electron chi connectivity index (χ1n) is 8.17. The second kappa shape index (κ2) is 6.91. The van der Waals surface area contributed by atoms with Crippen molar-refractivity contribution in [2.45, 2.75) is 24.8 Å². The molecule has 0 unspecified atom stereocenters. The SMILES string of the molecule is CN(C)C[C@H](F)C[C@@]1(c2ccc(F)cc2)OCc2cc(C#N)ccc21. The molecule has 2 atom stereocenters. The molecule has 0 bridgehead atoms. The lowest BCUT2D eigenvalue weighted by atomic mass is 9.81. The molecule has 0 N–H and O–H groups in total. The van der Waals surface area contributed by atoms with Crippen LogP contribution in [0.1, 0.15) is 28.7 Å². The maximum atomic E-state index is 14.7. The van der Waals surface area contributed by atoms with Crippen molar-refractivity contribution in [2.24, 2.45) is 0 Å². The molecule has 3 nitrogen and oxygen atoms in total. The van der Waals surface area contributed by atoms with Gasteiger partial charge in [-0.05, 0) is 55.1 Å². The molecule has 0 saturated carbocycles. The van der Waals surface area contributed by atoms with Gasteiger partial charge in [0.2, 0.25) is 0 Å². The number of benzene rings is 2. The Bertz CT molecular complexity index is 798. The summed E-state index contributed by atoms with van der Waals surface area (Å²) in [5.41, 5.74) is 2.02. The fourth-order valence-corrected chi connectivity index (χ4v) is 3.47. The lowest BCUT2D eigenvalue weighted by molar-refractivity contribution is -0.0294. The van der Waals surface area contributed by atoms with Crippen LogP contribution in [0.25, 0.3) is 0 Å². The Hall–Kier alpha value is -2.29. The lowest BCUT2D eigenvalue weighted by Crippen LogP contribution is -2.34. The molecule has 1 heterocycles. The van der Waals surface area contributed by atoms with Crippen LogP contribution in [-0.4, -0.2) is 31.7 Å². The molecule has 1 aliphatic heterocycles. The molecule has 0 aliphatic carbocycles. The van der Waals surface area contributed by atoms with E-state index in [2.05, 4.69) is 6.07 Å². The predicted octanol–water partition coefficient (Wildman–Crippen LogP) is 3.76. The molecule has 5 heteroatoms. The van der Waals surface area contributed by atoms with Crippen molar-refractivity contribution in [2.75, 3.05) is 20.6 Å². The predicted molar refractivity (Wildman–Crippen MR) is 91.2 cm³/mol. The first kappa shape index (κ1) is 17.5. The van der Waals surface area contributed by atoms with Crippen LogP contribution in [0.5, 0.6) is 0 Å². The third-order valence-electron chi connectivity index (χ3n) is 4.53. The van der Waals surface area contributed by atoms with Crippen LogP contribution in [0.4, 0.5) is 8.78 Å². The summed E-state index contributed by atoms with van der Waals surface area (Å²) in [5, 5.41) is 9.09. The highest BCUT2D eigenvalue weighted by atomic mass is 19.1. The number of rotatable bonds is 5. The molecule has 1 aliphatic rings. The summed E-state index contributed by atoms with van der Waals surface area (Å²) in [4.78, 5) is 1.79. The fraction of sp³-hybridized carbons (Fsp3) is 0.350. The number of nitrogens with zero attached hydrogens (tertiary/aromatic N) is 2. The number of alkyl halides is 1. The van der Waals surface area contributed by atoms with Gasteiger partial charge in [0.1, 0.15) is 17.6 Å². The van der Waals surface area contributed by atoms with Crippen LogP contribution in [0, 0.1) is 17.1 Å². The largest absolute Gasteiger partial charge is 0.361 e. The van der Waals surface area contributed by atoms with Crippen LogP contribution in [-0.2, 0) is 16.9 Å². The molecule has 25 heavy (non-hydrogen) atoms. The van der Waals surface area contributed by atoms with Crippen LogP contribution >= 0.6 is 0 Å². The Labute approximate surface area is 146 Å². The topological polar surface area (TPSA) is 36.3 Å². The van der Waals surface area contributed by atoms with E-state index in [0.717, 1.165) is 16.7 Å². The molecule has 0 aromatic heterocycles. The summed E-state index contributed by atoms with van der Waals surface area (Å²) in [6, 6.07) is 13.4. The molecule has 0 spiro atoms. The molecular weight excluding hydrogens is 322 g/mol. The second-order valence-electron chi connectivity index (χ2n) is 6.67. The van der Waals surface area contributed by atoms with E-state index in [1.165, 1.54) is 12.1 Å². The minimum Gasteiger partial charge on any atom is -0.361 e. The van der Waals surface area contributed by atoms with Gasteiger partial charge in [-0.25, -0.2) is 8.78 Å². The van der Waals surface area contributed by atoms with Crippen molar-refractivity contribution in [1.82, 2.24) is 4.90 Å². The number of fused-ring (bicyclic) bond motifs is 1. The maximum absolute atomic E-state index is 14.7. The molecule has 3 rings (SSSR count). The highest BCUT2D eigenvalue weighted by Crippen LogP contribution is 2.46. The van der Waals surface area contributed by atoms with Crippen molar-refractivity contribution in [3.05, 3.63) is 70.5 Å². The highest BCUT2D eigenvalue weighted by Gasteiger charge is 2.43. The van der Waals surface area contributed by atoms with Crippen LogP contribution in [0.3, 0.4) is 0 Å². The Morgan fingerprint density at radius 1 is 1.24 bits per heavy atom. The van der Waals surface area contributed by atoms with Gasteiger partial charge in [0.05, 0.1) is 18.2 Å². The average Bonchev–Trinajstić information content (AvgIpc) is 2.93. The first-order valence-corrected chi connectivity index (χ1v) is 8.17. The summed E-state index contributed by atoms with van der Waals surface area (Å²) < 4.78 is 34.2. The number of ether oxygens (including phenoxy) is 1. The zero-order valence-electron chi connectivity index (χ0n) is 14.3. The second-order valence-corrected chi connectivity index (χ2v) is 6.67. The van der Waals surface area contributed by atoms with Crippen molar-refractivity contribution in [3.8, 4) is 6.07 Å². The summed E-state index contributed by atoms with van der Waals surface area (Å²) in [7, 11) is 3.64. The summed E-state index contributed by atoms with van der Waals surface area (Å²) in [6.07, 6.45) is -0.975. The minimum absolute atomic E-state index is 0.135. The molecular formula is C20H20F2N2O. The zero-order valence-corrected chi connectivity index (χ0v) is 14.3. The lowest BCUT2D eigenvalue weighted by Gasteiger charge is -2.32. The van der Waals surface area contributed by atoms with Crippen LogP contribution in [0.2, 0.25) is 0 Å². The van der Waals surface area contributed by atoms with E-state index in [-0.39, 0.29) is 18.8 Å². The minimum atomic E-state index is -1.11. The van der Waals surface area contributed by atoms with Gasteiger partial charge in [-0.15, -0.1) is 0 Å². The number of hydrogen-bond donors (Lipinski definition) is 0. The smallest absolute Gasteiger partial charge is 0.123 e. The normalized spacial score (nSPS) is 20.3. The Morgan fingerprint density at radius 3 is 2.60 bits per heavy atom. The summed E-state index contributed by atoms with van der Waals surface area (Å²) in [6.45, 7) is 0.578. The monoisotopic (exact) mass is 342 g/mol. The standard InChI is InChI=1S/C20H20F2N2O/c1-24(2)12-18(22)10-20(16-4-6-17(21)7-5-16)19-8-3-14(11-23)9-15(19)13-25-20/h3-9,18H,10,12-13H2,1-2H3/t18-,20+/m1/s1. The molecule has 2 aromatic carbocycles. The third kappa shape index (κ3) is 3.41. The van der Waals surface area contributed by atoms with Gasteiger partial charge in [0.15, 0.2) is 0 Å². The van der Waals surface area contributed by atoms with Gasteiger partial charge in [0, 0.05) is 13.0 Å². The van der Waals surface area contributed by atoms with Gasteiger partial charge in [0.25, 0.3) is 0 Å². The van der Waals surface area contributed by atoms with Gasteiger partial charge in [-0.1, -0.05) is 18.2 Å². The van der Waals surface area contributed by atoms with Gasteiger partial charge in [-0.3, -0.25) is 0 Å². The van der Waals surface area contributed by atoms with E-state index >= 15 is 0 Å². The molecule has 0 fully saturated rings. The van der Waals surface area contributed by atoms with Crippen LogP contribution < -0.4 is 0 Å². The molecule has 0 saturated heterocycles. The van der Waals surface area contributed by atoms with Crippen molar-refractivity contribution >= 4 is 0 Å². The highest BCUT2D eigenvalue weighted by molar-refractivity contribution is 5.48. The molecule has 0 radical (unpaired) electrons. The van der Waals surface area contributed by atoms with E-state index in [1.54, 1.807) is 29.2 Å². The van der Waals surface area contributed by atoms with Crippen molar-refractivity contribution < 1.29 is 13.5 Å². The molecule has 2 aromatic rings. The third-order valence-corrected chi connectivity index (χ3v) is 4.53. The Kier molecular flexibility index (Phi) is 4.85. The maximum Gasteiger partial charge on any atom is 0.123 e. The Balaban J connectivity index is 2.06. The van der Waals surface area contributed by atoms with E-state index in [9.17, 15) is 8.78 Å². The molecule has 0 amide bonds. The number of nitriles is 1. The van der Waals surface area contributed by atoms with E-state index in [4.69, 9.17) is 10.00 Å². The van der Waals surface area contributed by atoms with Crippen molar-refractivity contribution in [1.29, 1.82) is 5.26 Å². The molecule has 130 valence electrons. The zero-order chi connectivity index (χ0) is 18.0. The Morgan fingerprint density at radius 2 is 1.96 bits per heavy atom.